The number of sulfone groups is 1. The van der Waals surface area contributed by atoms with E-state index in [1.54, 1.807) is 13.8 Å². The first-order valence-electron chi connectivity index (χ1n) is 7.94. The molecule has 2 atom stereocenters. The molecule has 0 spiro atoms. The molecule has 26 heavy (non-hydrogen) atoms. The first-order valence-corrected chi connectivity index (χ1v) is 10.6. The van der Waals surface area contributed by atoms with Crippen molar-refractivity contribution in [1.82, 2.24) is 0 Å². The summed E-state index contributed by atoms with van der Waals surface area (Å²) in [5.74, 6) is -1.26. The van der Waals surface area contributed by atoms with Crippen LogP contribution in [0.3, 0.4) is 0 Å². The summed E-state index contributed by atoms with van der Waals surface area (Å²) in [6, 6.07) is 4.28. The number of alkyl halides is 3. The van der Waals surface area contributed by atoms with Crippen molar-refractivity contribution in [1.29, 1.82) is 0 Å². The number of amidine groups is 1. The maximum atomic E-state index is 13.5. The molecule has 1 aromatic carbocycles. The van der Waals surface area contributed by atoms with Gasteiger partial charge < -0.3 is 4.90 Å². The lowest BCUT2D eigenvalue weighted by molar-refractivity contribution is -0.137. The first kappa shape index (κ1) is 19.2. The molecule has 0 aliphatic carbocycles. The number of nitrogens with zero attached hydrogens (tertiary/aromatic N) is 2. The highest BCUT2D eigenvalue weighted by Gasteiger charge is 2.51. The Morgan fingerprint density at radius 1 is 1.27 bits per heavy atom. The van der Waals surface area contributed by atoms with E-state index in [0.717, 1.165) is 17.8 Å². The number of hydrogen-bond donors (Lipinski definition) is 0. The van der Waals surface area contributed by atoms with Crippen molar-refractivity contribution < 1.29 is 26.4 Å². The average molecular weight is 406 g/mol. The van der Waals surface area contributed by atoms with E-state index < -0.39 is 44.7 Å². The molecule has 142 valence electrons. The van der Waals surface area contributed by atoms with Crippen LogP contribution in [0.4, 0.5) is 18.9 Å². The first-order chi connectivity index (χ1) is 12.0. The minimum atomic E-state index is -4.61. The van der Waals surface area contributed by atoms with Gasteiger partial charge in [-0.1, -0.05) is 37.7 Å². The summed E-state index contributed by atoms with van der Waals surface area (Å²) in [5, 5.41) is -0.315. The van der Waals surface area contributed by atoms with Crippen LogP contribution >= 0.6 is 11.8 Å². The van der Waals surface area contributed by atoms with E-state index in [1.807, 2.05) is 0 Å². The quantitative estimate of drug-likeness (QED) is 0.756. The number of anilines is 1. The molecule has 1 aromatic rings. The topological polar surface area (TPSA) is 66.8 Å². The van der Waals surface area contributed by atoms with Crippen LogP contribution in [0, 0.1) is 5.92 Å². The largest absolute Gasteiger partial charge is 0.418 e. The highest BCUT2D eigenvalue weighted by Crippen LogP contribution is 2.45. The summed E-state index contributed by atoms with van der Waals surface area (Å²) in [5.41, 5.74) is -1.05. The Balaban J connectivity index is 2.12. The molecule has 0 radical (unpaired) electrons. The second kappa shape index (κ2) is 6.56. The number of carbonyl (C=O) groups is 1. The third-order valence-electron chi connectivity index (χ3n) is 4.24. The number of para-hydroxylation sites is 1. The number of thioether (sulfide) groups is 1. The molecule has 0 saturated carbocycles. The number of rotatable bonds is 2. The Labute approximate surface area is 153 Å². The summed E-state index contributed by atoms with van der Waals surface area (Å²) >= 11 is 1.06. The maximum Gasteiger partial charge on any atom is 0.418 e. The molecule has 0 unspecified atom stereocenters. The lowest BCUT2D eigenvalue weighted by Gasteiger charge is -2.27. The molecular weight excluding hydrogens is 389 g/mol. The van der Waals surface area contributed by atoms with Crippen LogP contribution in [0.2, 0.25) is 0 Å². The number of benzene rings is 1. The molecule has 1 amide bonds. The van der Waals surface area contributed by atoms with Crippen LogP contribution < -0.4 is 4.90 Å². The highest BCUT2D eigenvalue weighted by atomic mass is 32.2. The molecule has 10 heteroatoms. The number of fused-ring (bicyclic) bond motifs is 1. The maximum absolute atomic E-state index is 13.5. The zero-order valence-corrected chi connectivity index (χ0v) is 15.7. The van der Waals surface area contributed by atoms with Crippen molar-refractivity contribution in [3.05, 3.63) is 29.8 Å². The van der Waals surface area contributed by atoms with E-state index in [-0.39, 0.29) is 22.4 Å². The van der Waals surface area contributed by atoms with Crippen LogP contribution in [0.1, 0.15) is 19.4 Å². The fourth-order valence-electron chi connectivity index (χ4n) is 2.99. The van der Waals surface area contributed by atoms with E-state index in [9.17, 15) is 26.4 Å². The van der Waals surface area contributed by atoms with Gasteiger partial charge in [0, 0.05) is 11.2 Å². The average Bonchev–Trinajstić information content (AvgIpc) is 2.97. The molecule has 2 aliphatic rings. The summed E-state index contributed by atoms with van der Waals surface area (Å²) in [7, 11) is -3.35. The van der Waals surface area contributed by atoms with Gasteiger partial charge in [0.15, 0.2) is 15.0 Å². The highest BCUT2D eigenvalue weighted by molar-refractivity contribution is 8.16. The molecule has 0 N–H and O–H groups in total. The molecule has 2 heterocycles. The molecule has 5 nitrogen and oxygen atoms in total. The second-order valence-corrected chi connectivity index (χ2v) is 9.93. The Kier molecular flexibility index (Phi) is 4.85. The molecule has 0 aromatic heterocycles. The third-order valence-corrected chi connectivity index (χ3v) is 7.45. The Morgan fingerprint density at radius 3 is 2.54 bits per heavy atom. The minimum absolute atomic E-state index is 0.130. The van der Waals surface area contributed by atoms with Crippen molar-refractivity contribution in [2.45, 2.75) is 31.3 Å². The van der Waals surface area contributed by atoms with Gasteiger partial charge in [0.1, 0.15) is 0 Å². The lowest BCUT2D eigenvalue weighted by Crippen LogP contribution is -2.39. The van der Waals surface area contributed by atoms with Crippen LogP contribution in [0.25, 0.3) is 0 Å². The fraction of sp³-hybridized carbons (Fsp3) is 0.500. The van der Waals surface area contributed by atoms with Gasteiger partial charge in [0.05, 0.1) is 28.8 Å². The van der Waals surface area contributed by atoms with E-state index in [4.69, 9.17) is 0 Å². The fourth-order valence-corrected chi connectivity index (χ4v) is 6.91. The van der Waals surface area contributed by atoms with Crippen molar-refractivity contribution in [2.24, 2.45) is 10.9 Å². The Morgan fingerprint density at radius 2 is 1.92 bits per heavy atom. The van der Waals surface area contributed by atoms with E-state index in [2.05, 4.69) is 4.99 Å². The number of carbonyl (C=O) groups excluding carboxylic acids is 1. The van der Waals surface area contributed by atoms with Gasteiger partial charge in [0.25, 0.3) is 5.91 Å². The van der Waals surface area contributed by atoms with Gasteiger partial charge in [0.2, 0.25) is 0 Å². The van der Waals surface area contributed by atoms with Crippen molar-refractivity contribution >= 4 is 38.4 Å². The number of halogens is 3. The zero-order valence-electron chi connectivity index (χ0n) is 14.0. The van der Waals surface area contributed by atoms with Crippen molar-refractivity contribution in [3.63, 3.8) is 0 Å². The van der Waals surface area contributed by atoms with Crippen molar-refractivity contribution in [2.75, 3.05) is 16.4 Å². The van der Waals surface area contributed by atoms with Gasteiger partial charge >= 0.3 is 6.18 Å². The molecule has 2 fully saturated rings. The van der Waals surface area contributed by atoms with Crippen molar-refractivity contribution in [3.8, 4) is 0 Å². The molecule has 0 bridgehead atoms. The predicted octanol–water partition coefficient (Wildman–Crippen LogP) is 2.96. The summed E-state index contributed by atoms with van der Waals surface area (Å²) < 4.78 is 64.3. The monoisotopic (exact) mass is 406 g/mol. The van der Waals surface area contributed by atoms with Crippen LogP contribution in [-0.4, -0.2) is 42.3 Å². The van der Waals surface area contributed by atoms with E-state index in [0.29, 0.717) is 0 Å². The number of hydrogen-bond acceptors (Lipinski definition) is 4. The number of aliphatic imine (C=N–C) groups is 1. The Bertz CT molecular complexity index is 866. The Hall–Kier alpha value is -1.55. The summed E-state index contributed by atoms with van der Waals surface area (Å²) in [6.45, 7) is 3.29. The molecule has 3 rings (SSSR count). The molecule has 2 saturated heterocycles. The number of amides is 1. The SMILES string of the molecule is CC(C)C(=O)N=C1S[C@@H]2CS(=O)(=O)C[C@H]2N1c1ccccc1C(F)(F)F. The molecule has 2 aliphatic heterocycles. The predicted molar refractivity (Wildman–Crippen MR) is 95.0 cm³/mol. The van der Waals surface area contributed by atoms with Crippen LogP contribution in [-0.2, 0) is 20.8 Å². The van der Waals surface area contributed by atoms with E-state index in [1.165, 1.54) is 23.1 Å². The van der Waals surface area contributed by atoms with Gasteiger partial charge in [-0.05, 0) is 12.1 Å². The summed E-state index contributed by atoms with van der Waals surface area (Å²) in [6.07, 6.45) is -4.61. The van der Waals surface area contributed by atoms with Crippen LogP contribution in [0.5, 0.6) is 0 Å². The third kappa shape index (κ3) is 3.62. The second-order valence-electron chi connectivity index (χ2n) is 6.57. The minimum Gasteiger partial charge on any atom is -0.315 e. The van der Waals surface area contributed by atoms with E-state index >= 15 is 0 Å². The van der Waals surface area contributed by atoms with Crippen LogP contribution in [0.15, 0.2) is 29.3 Å². The van der Waals surface area contributed by atoms with Gasteiger partial charge in [-0.25, -0.2) is 8.42 Å². The van der Waals surface area contributed by atoms with Gasteiger partial charge in [-0.3, -0.25) is 4.79 Å². The standard InChI is InChI=1S/C16H17F3N2O3S2/c1-9(2)14(22)20-15-21(12-7-26(23,24)8-13(12)25-15)11-6-4-3-5-10(11)16(17,18)19/h3-6,9,12-13H,7-8H2,1-2H3/t12-,13-/m1/s1. The zero-order chi connectivity index (χ0) is 19.3. The molecular formula is C16H17F3N2O3S2. The smallest absolute Gasteiger partial charge is 0.315 e. The normalized spacial score (nSPS) is 26.5. The van der Waals surface area contributed by atoms with Gasteiger partial charge in [-0.2, -0.15) is 18.2 Å². The van der Waals surface area contributed by atoms with Gasteiger partial charge in [-0.15, -0.1) is 0 Å². The lowest BCUT2D eigenvalue weighted by atomic mass is 10.1. The summed E-state index contributed by atoms with van der Waals surface area (Å²) in [4.78, 5) is 17.3.